The maximum Gasteiger partial charge on any atom is 0.259 e. The summed E-state index contributed by atoms with van der Waals surface area (Å²) in [5.74, 6) is 1.11. The number of hydrazone groups is 1. The first-order valence-corrected chi connectivity index (χ1v) is 12.2. The maximum atomic E-state index is 12.4. The van der Waals surface area contributed by atoms with Crippen molar-refractivity contribution in [2.75, 3.05) is 27.4 Å². The molecule has 0 atom stereocenters. The SMILES string of the molecule is CCOc1cc(C=NNC(=O)CNC(=O)c2ccc(OC)c(OC)c2)cc(Br)c1OCc1ccccc1. The van der Waals surface area contributed by atoms with E-state index in [1.165, 1.54) is 26.5 Å². The molecule has 0 aliphatic rings. The van der Waals surface area contributed by atoms with Crippen LogP contribution >= 0.6 is 15.9 Å². The molecule has 2 amide bonds. The number of carbonyl (C=O) groups is 2. The van der Waals surface area contributed by atoms with Crippen molar-refractivity contribution in [1.29, 1.82) is 0 Å². The van der Waals surface area contributed by atoms with Gasteiger partial charge in [-0.05, 0) is 64.3 Å². The monoisotopic (exact) mass is 569 g/mol. The lowest BCUT2D eigenvalue weighted by molar-refractivity contribution is -0.120. The summed E-state index contributed by atoms with van der Waals surface area (Å²) in [4.78, 5) is 24.5. The van der Waals surface area contributed by atoms with Gasteiger partial charge < -0.3 is 24.3 Å². The summed E-state index contributed by atoms with van der Waals surface area (Å²) in [6, 6.07) is 18.1. The highest BCUT2D eigenvalue weighted by Gasteiger charge is 2.13. The fraction of sp³-hybridized carbons (Fsp3) is 0.222. The quantitative estimate of drug-likeness (QED) is 0.248. The third-order valence-electron chi connectivity index (χ3n) is 5.02. The molecule has 37 heavy (non-hydrogen) atoms. The second-order valence-electron chi connectivity index (χ2n) is 7.58. The number of rotatable bonds is 12. The van der Waals surface area contributed by atoms with Crippen LogP contribution < -0.4 is 29.7 Å². The number of ether oxygens (including phenoxy) is 4. The van der Waals surface area contributed by atoms with Gasteiger partial charge in [0.2, 0.25) is 0 Å². The zero-order chi connectivity index (χ0) is 26.6. The Balaban J connectivity index is 1.57. The van der Waals surface area contributed by atoms with Crippen molar-refractivity contribution in [2.24, 2.45) is 5.10 Å². The number of amides is 2. The zero-order valence-electron chi connectivity index (χ0n) is 20.7. The average Bonchev–Trinajstić information content (AvgIpc) is 2.91. The molecule has 0 saturated heterocycles. The second-order valence-corrected chi connectivity index (χ2v) is 8.44. The topological polar surface area (TPSA) is 107 Å². The largest absolute Gasteiger partial charge is 0.493 e. The van der Waals surface area contributed by atoms with E-state index in [9.17, 15) is 9.59 Å². The Kier molecular flexibility index (Phi) is 10.3. The fourth-order valence-electron chi connectivity index (χ4n) is 3.25. The lowest BCUT2D eigenvalue weighted by Gasteiger charge is -2.14. The zero-order valence-corrected chi connectivity index (χ0v) is 22.3. The van der Waals surface area contributed by atoms with Gasteiger partial charge in [0.25, 0.3) is 11.8 Å². The standard InChI is InChI=1S/C27H28BrN3O6/c1-4-36-24-13-19(12-21(28)26(24)37-17-18-8-6-5-7-9-18)15-30-31-25(32)16-29-27(33)20-10-11-22(34-2)23(14-20)35-3/h5-15H,4,16-17H2,1-3H3,(H,29,33)(H,31,32). The smallest absolute Gasteiger partial charge is 0.259 e. The summed E-state index contributed by atoms with van der Waals surface area (Å²) < 4.78 is 22.8. The molecule has 0 heterocycles. The highest BCUT2D eigenvalue weighted by Crippen LogP contribution is 2.37. The number of hydrogen-bond donors (Lipinski definition) is 2. The predicted molar refractivity (Wildman–Crippen MR) is 144 cm³/mol. The molecule has 0 aromatic heterocycles. The Morgan fingerprint density at radius 1 is 0.946 bits per heavy atom. The molecule has 0 fully saturated rings. The van der Waals surface area contributed by atoms with Gasteiger partial charge >= 0.3 is 0 Å². The van der Waals surface area contributed by atoms with Crippen LogP contribution in [0.2, 0.25) is 0 Å². The molecule has 2 N–H and O–H groups in total. The van der Waals surface area contributed by atoms with Gasteiger partial charge in [-0.15, -0.1) is 0 Å². The first-order chi connectivity index (χ1) is 17.9. The number of halogens is 1. The molecule has 3 aromatic rings. The Bertz CT molecular complexity index is 1250. The molecule has 0 spiro atoms. The van der Waals surface area contributed by atoms with Crippen LogP contribution in [-0.4, -0.2) is 45.4 Å². The summed E-state index contributed by atoms with van der Waals surface area (Å²) in [7, 11) is 2.99. The number of hydrogen-bond acceptors (Lipinski definition) is 7. The molecule has 0 saturated carbocycles. The van der Waals surface area contributed by atoms with Gasteiger partial charge in [-0.3, -0.25) is 9.59 Å². The van der Waals surface area contributed by atoms with Crippen molar-refractivity contribution in [3.05, 3.63) is 81.8 Å². The first-order valence-electron chi connectivity index (χ1n) is 11.4. The Morgan fingerprint density at radius 3 is 2.41 bits per heavy atom. The molecular weight excluding hydrogens is 542 g/mol. The molecule has 0 unspecified atom stereocenters. The van der Waals surface area contributed by atoms with E-state index in [1.807, 2.05) is 37.3 Å². The maximum absolute atomic E-state index is 12.4. The van der Waals surface area contributed by atoms with E-state index >= 15 is 0 Å². The van der Waals surface area contributed by atoms with Gasteiger partial charge in [-0.1, -0.05) is 30.3 Å². The van der Waals surface area contributed by atoms with Crippen molar-refractivity contribution in [3.8, 4) is 23.0 Å². The molecule has 0 aliphatic carbocycles. The number of benzene rings is 3. The van der Waals surface area contributed by atoms with Crippen LogP contribution in [0.15, 0.2) is 70.2 Å². The minimum atomic E-state index is -0.489. The first kappa shape index (κ1) is 27.5. The minimum absolute atomic E-state index is 0.259. The van der Waals surface area contributed by atoms with Crippen molar-refractivity contribution in [2.45, 2.75) is 13.5 Å². The van der Waals surface area contributed by atoms with Crippen LogP contribution in [0, 0.1) is 0 Å². The van der Waals surface area contributed by atoms with E-state index in [1.54, 1.807) is 24.3 Å². The molecule has 0 radical (unpaired) electrons. The van der Waals surface area contributed by atoms with Crippen LogP contribution in [0.5, 0.6) is 23.0 Å². The fourth-order valence-corrected chi connectivity index (χ4v) is 3.83. The lowest BCUT2D eigenvalue weighted by atomic mass is 10.2. The molecule has 10 heteroatoms. The summed E-state index contributed by atoms with van der Waals surface area (Å²) >= 11 is 3.53. The summed E-state index contributed by atoms with van der Waals surface area (Å²) in [6.07, 6.45) is 1.47. The van der Waals surface area contributed by atoms with Crippen LogP contribution in [0.4, 0.5) is 0 Å². The molecule has 9 nitrogen and oxygen atoms in total. The molecule has 3 aromatic carbocycles. The molecule has 194 valence electrons. The van der Waals surface area contributed by atoms with Crippen LogP contribution in [0.1, 0.15) is 28.4 Å². The Morgan fingerprint density at radius 2 is 1.70 bits per heavy atom. The minimum Gasteiger partial charge on any atom is -0.493 e. The normalized spacial score (nSPS) is 10.6. The van der Waals surface area contributed by atoms with Gasteiger partial charge in [0.1, 0.15) is 6.61 Å². The van der Waals surface area contributed by atoms with Crippen molar-refractivity contribution < 1.29 is 28.5 Å². The Labute approximate surface area is 223 Å². The van der Waals surface area contributed by atoms with E-state index in [2.05, 4.69) is 31.8 Å². The van der Waals surface area contributed by atoms with Crippen LogP contribution in [0.3, 0.4) is 0 Å². The number of nitrogens with zero attached hydrogens (tertiary/aromatic N) is 1. The third kappa shape index (κ3) is 7.97. The molecule has 3 rings (SSSR count). The predicted octanol–water partition coefficient (Wildman–Crippen LogP) is 4.32. The highest BCUT2D eigenvalue weighted by atomic mass is 79.9. The number of methoxy groups -OCH3 is 2. The van der Waals surface area contributed by atoms with Crippen LogP contribution in [0.25, 0.3) is 0 Å². The second kappa shape index (κ2) is 13.9. The number of nitrogens with one attached hydrogen (secondary N) is 2. The van der Waals surface area contributed by atoms with Crippen molar-refractivity contribution in [3.63, 3.8) is 0 Å². The molecule has 0 aliphatic heterocycles. The van der Waals surface area contributed by atoms with Gasteiger partial charge in [0, 0.05) is 5.56 Å². The Hall–Kier alpha value is -4.05. The van der Waals surface area contributed by atoms with Gasteiger partial charge in [0.15, 0.2) is 23.0 Å². The number of carbonyl (C=O) groups excluding carboxylic acids is 2. The van der Waals surface area contributed by atoms with Crippen molar-refractivity contribution >= 4 is 34.0 Å². The van der Waals surface area contributed by atoms with Gasteiger partial charge in [0.05, 0.1) is 38.1 Å². The summed E-state index contributed by atoms with van der Waals surface area (Å²) in [5, 5.41) is 6.52. The summed E-state index contributed by atoms with van der Waals surface area (Å²) in [5.41, 5.74) is 4.43. The molecular formula is C27H28BrN3O6. The van der Waals surface area contributed by atoms with E-state index in [0.29, 0.717) is 51.8 Å². The van der Waals surface area contributed by atoms with Gasteiger partial charge in [-0.2, -0.15) is 5.10 Å². The average molecular weight is 570 g/mol. The van der Waals surface area contributed by atoms with E-state index < -0.39 is 11.8 Å². The van der Waals surface area contributed by atoms with Crippen molar-refractivity contribution in [1.82, 2.24) is 10.7 Å². The molecule has 0 bridgehead atoms. The van der Waals surface area contributed by atoms with E-state index in [-0.39, 0.29) is 6.54 Å². The lowest BCUT2D eigenvalue weighted by Crippen LogP contribution is -2.34. The van der Waals surface area contributed by atoms with Crippen LogP contribution in [-0.2, 0) is 11.4 Å². The summed E-state index contributed by atoms with van der Waals surface area (Å²) in [6.45, 7) is 2.46. The van der Waals surface area contributed by atoms with E-state index in [0.717, 1.165) is 5.56 Å². The third-order valence-corrected chi connectivity index (χ3v) is 5.60. The van der Waals surface area contributed by atoms with E-state index in [4.69, 9.17) is 18.9 Å². The highest BCUT2D eigenvalue weighted by molar-refractivity contribution is 9.10. The van der Waals surface area contributed by atoms with Gasteiger partial charge in [-0.25, -0.2) is 5.43 Å².